The minimum absolute atomic E-state index is 0.0111. The largest absolute Gasteiger partial charge is 0.416 e. The number of alkyl halides is 6. The number of aromatic nitrogens is 2. The van der Waals surface area contributed by atoms with Gasteiger partial charge in [0.15, 0.2) is 5.75 Å². The maximum atomic E-state index is 12.7. The van der Waals surface area contributed by atoms with E-state index in [4.69, 9.17) is 0 Å². The number of fused-ring (bicyclic) bond motifs is 1. The summed E-state index contributed by atoms with van der Waals surface area (Å²) >= 11 is 0. The van der Waals surface area contributed by atoms with Crippen molar-refractivity contribution in [2.45, 2.75) is 12.4 Å². The van der Waals surface area contributed by atoms with Crippen molar-refractivity contribution >= 4 is 38.9 Å². The Balaban J connectivity index is 1.59. The molecule has 0 fully saturated rings. The quantitative estimate of drug-likeness (QED) is 0.275. The van der Waals surface area contributed by atoms with Gasteiger partial charge in [-0.25, -0.2) is 13.4 Å². The van der Waals surface area contributed by atoms with Gasteiger partial charge in [-0.3, -0.25) is 4.72 Å². The molecule has 0 unspecified atom stereocenters. The summed E-state index contributed by atoms with van der Waals surface area (Å²) in [7, 11) is -4.67. The zero-order chi connectivity index (χ0) is 26.1. The molecule has 5 nitrogen and oxygen atoms in total. The van der Waals surface area contributed by atoms with Crippen LogP contribution in [0.1, 0.15) is 17.0 Å². The molecule has 0 saturated heterocycles. The Morgan fingerprint density at radius 2 is 1.58 bits per heavy atom. The lowest BCUT2D eigenvalue weighted by molar-refractivity contribution is -0.137. The number of nitrogens with one attached hydrogen (secondary N) is 2. The minimum Gasteiger partial charge on any atom is -0.338 e. The van der Waals surface area contributed by atoms with E-state index >= 15 is 0 Å². The summed E-state index contributed by atoms with van der Waals surface area (Å²) < 4.78 is 102. The van der Waals surface area contributed by atoms with Crippen molar-refractivity contribution < 1.29 is 34.8 Å². The molecule has 0 bridgehead atoms. The number of aromatic amines is 1. The number of anilines is 1. The number of nitrogens with zero attached hydrogens (tertiary/aromatic N) is 1. The highest BCUT2D eigenvalue weighted by atomic mass is 32.2. The zero-order valence-corrected chi connectivity index (χ0v) is 19.0. The molecule has 188 valence electrons. The number of hydrogen-bond donors (Lipinski definition) is 2. The van der Waals surface area contributed by atoms with Crippen molar-refractivity contribution in [1.82, 2.24) is 9.97 Å². The van der Waals surface area contributed by atoms with Gasteiger partial charge in [-0.1, -0.05) is 42.5 Å². The third-order valence-electron chi connectivity index (χ3n) is 5.03. The fraction of sp³-hybridized carbons (Fsp3) is 0.125. The molecule has 0 aliphatic carbocycles. The molecular formula is C24H17F6N3O2S. The fourth-order valence-electron chi connectivity index (χ4n) is 3.48. The highest BCUT2D eigenvalue weighted by Crippen LogP contribution is 2.32. The Hall–Kier alpha value is -3.80. The molecule has 0 atom stereocenters. The van der Waals surface area contributed by atoms with Gasteiger partial charge in [-0.2, -0.15) is 26.3 Å². The number of hydrogen-bond acceptors (Lipinski definition) is 3. The molecule has 0 radical (unpaired) electrons. The number of H-pyrrole nitrogens is 1. The van der Waals surface area contributed by atoms with Crippen LogP contribution in [-0.2, 0) is 16.2 Å². The molecule has 1 aromatic heterocycles. The summed E-state index contributed by atoms with van der Waals surface area (Å²) in [6.45, 7) is 0. The second-order valence-electron chi connectivity index (χ2n) is 7.83. The van der Waals surface area contributed by atoms with Gasteiger partial charge in [0.05, 0.1) is 22.3 Å². The van der Waals surface area contributed by atoms with Gasteiger partial charge in [0.25, 0.3) is 0 Å². The Morgan fingerprint density at radius 3 is 2.25 bits per heavy atom. The summed E-state index contributed by atoms with van der Waals surface area (Å²) in [4.78, 5) is 7.43. The Bertz CT molecular complexity index is 1520. The maximum absolute atomic E-state index is 12.7. The molecule has 1 heterocycles. The van der Waals surface area contributed by atoms with Crippen LogP contribution in [0, 0.1) is 0 Å². The van der Waals surface area contributed by atoms with E-state index < -0.39 is 33.7 Å². The second-order valence-corrected chi connectivity index (χ2v) is 9.55. The highest BCUT2D eigenvalue weighted by molar-refractivity contribution is 7.92. The number of halogens is 6. The van der Waals surface area contributed by atoms with Crippen molar-refractivity contribution in [3.05, 3.63) is 83.7 Å². The van der Waals surface area contributed by atoms with Gasteiger partial charge in [-0.15, -0.1) is 0 Å². The molecule has 0 aliphatic heterocycles. The van der Waals surface area contributed by atoms with Crippen LogP contribution in [0.15, 0.2) is 66.7 Å². The van der Waals surface area contributed by atoms with Crippen LogP contribution < -0.4 is 4.72 Å². The third-order valence-corrected chi connectivity index (χ3v) is 6.27. The van der Waals surface area contributed by atoms with Crippen LogP contribution in [0.25, 0.3) is 34.3 Å². The normalized spacial score (nSPS) is 12.9. The van der Waals surface area contributed by atoms with Crippen LogP contribution in [0.2, 0.25) is 0 Å². The van der Waals surface area contributed by atoms with Crippen molar-refractivity contribution in [2.75, 3.05) is 10.5 Å². The standard InChI is InChI=1S/C24H17F6N3O2S/c25-23(26,27)14-36(34,35)33-19-4-2-1-3-18(19)16-8-11-20-21(13-16)32-22(31-20)12-7-15-5-9-17(10-6-15)24(28,29)30/h1-13,33H,14H2,(H,31,32). The summed E-state index contributed by atoms with van der Waals surface area (Å²) in [6.07, 6.45) is -6.14. The molecule has 0 saturated carbocycles. The van der Waals surface area contributed by atoms with Gasteiger partial charge in [0, 0.05) is 5.56 Å². The smallest absolute Gasteiger partial charge is 0.338 e. The predicted octanol–water partition coefficient (Wildman–Crippen LogP) is 6.72. The van der Waals surface area contributed by atoms with E-state index in [1.54, 1.807) is 42.5 Å². The monoisotopic (exact) mass is 525 g/mol. The lowest BCUT2D eigenvalue weighted by atomic mass is 10.0. The van der Waals surface area contributed by atoms with E-state index in [0.717, 1.165) is 12.1 Å². The summed E-state index contributed by atoms with van der Waals surface area (Å²) in [5.74, 6) is -1.59. The minimum atomic E-state index is -4.89. The van der Waals surface area contributed by atoms with Crippen molar-refractivity contribution in [3.63, 3.8) is 0 Å². The first kappa shape index (κ1) is 25.3. The second kappa shape index (κ2) is 9.34. The Kier molecular flexibility index (Phi) is 6.56. The van der Waals surface area contributed by atoms with Crippen molar-refractivity contribution in [1.29, 1.82) is 0 Å². The first-order valence-electron chi connectivity index (χ1n) is 10.3. The number of imidazole rings is 1. The van der Waals surface area contributed by atoms with E-state index in [1.165, 1.54) is 24.3 Å². The van der Waals surface area contributed by atoms with Gasteiger partial charge in [-0.05, 0) is 47.5 Å². The average molecular weight is 525 g/mol. The number of sulfonamides is 1. The predicted molar refractivity (Wildman–Crippen MR) is 125 cm³/mol. The highest BCUT2D eigenvalue weighted by Gasteiger charge is 2.35. The van der Waals surface area contributed by atoms with Crippen LogP contribution >= 0.6 is 0 Å². The van der Waals surface area contributed by atoms with Gasteiger partial charge in [0.1, 0.15) is 5.82 Å². The lowest BCUT2D eigenvalue weighted by Crippen LogP contribution is -2.28. The maximum Gasteiger partial charge on any atom is 0.416 e. The molecule has 0 aliphatic rings. The van der Waals surface area contributed by atoms with E-state index in [1.807, 2.05) is 4.72 Å². The number of para-hydroxylation sites is 1. The molecule has 4 aromatic rings. The topological polar surface area (TPSA) is 74.8 Å². The molecular weight excluding hydrogens is 508 g/mol. The van der Waals surface area contributed by atoms with Crippen LogP contribution in [0.3, 0.4) is 0 Å². The van der Waals surface area contributed by atoms with E-state index in [-0.39, 0.29) is 5.69 Å². The zero-order valence-electron chi connectivity index (χ0n) is 18.2. The molecule has 0 amide bonds. The SMILES string of the molecule is O=S(=O)(CC(F)(F)F)Nc1ccccc1-c1ccc2nc(C=Cc3ccc(C(F)(F)F)cc3)[nH]c2c1. The van der Waals surface area contributed by atoms with E-state index in [2.05, 4.69) is 9.97 Å². The molecule has 3 aromatic carbocycles. The Labute approximate surface area is 201 Å². The fourth-order valence-corrected chi connectivity index (χ4v) is 4.49. The average Bonchev–Trinajstić information content (AvgIpc) is 3.18. The number of benzene rings is 3. The van der Waals surface area contributed by atoms with Gasteiger partial charge < -0.3 is 4.98 Å². The molecule has 0 spiro atoms. The van der Waals surface area contributed by atoms with Crippen molar-refractivity contribution in [2.24, 2.45) is 0 Å². The van der Waals surface area contributed by atoms with Crippen LogP contribution in [0.5, 0.6) is 0 Å². The molecule has 12 heteroatoms. The number of rotatable bonds is 6. The molecule has 4 rings (SSSR count). The molecule has 36 heavy (non-hydrogen) atoms. The summed E-state index contributed by atoms with van der Waals surface area (Å²) in [5.41, 5.74) is 1.77. The van der Waals surface area contributed by atoms with Crippen LogP contribution in [-0.4, -0.2) is 30.3 Å². The van der Waals surface area contributed by atoms with Gasteiger partial charge in [0.2, 0.25) is 10.0 Å². The molecule has 2 N–H and O–H groups in total. The van der Waals surface area contributed by atoms with Crippen molar-refractivity contribution in [3.8, 4) is 11.1 Å². The lowest BCUT2D eigenvalue weighted by Gasteiger charge is -2.14. The summed E-state index contributed by atoms with van der Waals surface area (Å²) in [5, 5.41) is 0. The first-order valence-corrected chi connectivity index (χ1v) is 12.0. The first-order chi connectivity index (χ1) is 16.8. The van der Waals surface area contributed by atoms with E-state index in [0.29, 0.717) is 33.5 Å². The third kappa shape index (κ3) is 6.25. The Morgan fingerprint density at radius 1 is 0.889 bits per heavy atom. The van der Waals surface area contributed by atoms with Crippen LogP contribution in [0.4, 0.5) is 32.0 Å². The summed E-state index contributed by atoms with van der Waals surface area (Å²) in [6, 6.07) is 15.6. The van der Waals surface area contributed by atoms with Gasteiger partial charge >= 0.3 is 12.4 Å². The van der Waals surface area contributed by atoms with E-state index in [9.17, 15) is 34.8 Å².